The summed E-state index contributed by atoms with van der Waals surface area (Å²) in [5.74, 6) is -2.12. The van der Waals surface area contributed by atoms with E-state index in [4.69, 9.17) is 21.4 Å². The van der Waals surface area contributed by atoms with Crippen molar-refractivity contribution in [2.24, 2.45) is 0 Å². The van der Waals surface area contributed by atoms with Crippen LogP contribution in [0.15, 0.2) is 23.1 Å². The number of ether oxygens (including phenoxy) is 1. The zero-order valence-corrected chi connectivity index (χ0v) is 12.0. The van der Waals surface area contributed by atoms with Crippen molar-refractivity contribution in [3.05, 3.63) is 29.0 Å². The van der Waals surface area contributed by atoms with E-state index >= 15 is 0 Å². The van der Waals surface area contributed by atoms with E-state index in [-0.39, 0.29) is 18.0 Å². The van der Waals surface area contributed by atoms with E-state index in [1.165, 1.54) is 13.2 Å². The lowest BCUT2D eigenvalue weighted by Crippen LogP contribution is -2.34. The van der Waals surface area contributed by atoms with Crippen LogP contribution in [0.3, 0.4) is 0 Å². The highest BCUT2D eigenvalue weighted by atomic mass is 35.5. The lowest BCUT2D eigenvalue weighted by atomic mass is 10.2. The van der Waals surface area contributed by atoms with E-state index in [1.807, 2.05) is 0 Å². The fourth-order valence-corrected chi connectivity index (χ4v) is 2.69. The number of methoxy groups -OCH3 is 1. The predicted molar refractivity (Wildman–Crippen MR) is 69.6 cm³/mol. The van der Waals surface area contributed by atoms with E-state index in [1.54, 1.807) is 0 Å². The van der Waals surface area contributed by atoms with Crippen LogP contribution in [0.1, 0.15) is 6.42 Å². The van der Waals surface area contributed by atoms with Crippen LogP contribution in [0.25, 0.3) is 0 Å². The summed E-state index contributed by atoms with van der Waals surface area (Å²) in [4.78, 5) is 9.96. The number of carboxylic acids is 1. The van der Waals surface area contributed by atoms with Gasteiger partial charge in [-0.3, -0.25) is 4.79 Å². The van der Waals surface area contributed by atoms with Gasteiger partial charge in [0.1, 0.15) is 10.7 Å². The van der Waals surface area contributed by atoms with Crippen molar-refractivity contribution in [3.63, 3.8) is 0 Å². The maximum atomic E-state index is 13.5. The average Bonchev–Trinajstić information content (AvgIpc) is 2.33. The molecule has 1 aromatic carbocycles. The molecule has 0 fully saturated rings. The Morgan fingerprint density at radius 3 is 2.70 bits per heavy atom. The first-order chi connectivity index (χ1) is 9.26. The standard InChI is InChI=1S/C11H13ClFNO5S/c1-19-8(5-11(15)16)6-14-20(17,18)10-3-2-7(12)4-9(10)13/h2-4,8,14H,5-6H2,1H3,(H,15,16). The zero-order chi connectivity index (χ0) is 15.3. The zero-order valence-electron chi connectivity index (χ0n) is 10.5. The summed E-state index contributed by atoms with van der Waals surface area (Å²) in [7, 11) is -2.85. The van der Waals surface area contributed by atoms with E-state index in [2.05, 4.69) is 4.72 Å². The summed E-state index contributed by atoms with van der Waals surface area (Å²) < 4.78 is 44.2. The monoisotopic (exact) mass is 325 g/mol. The third kappa shape index (κ3) is 4.71. The molecular formula is C11H13ClFNO5S. The first-order valence-corrected chi connectivity index (χ1v) is 7.31. The molecule has 0 radical (unpaired) electrons. The highest BCUT2D eigenvalue weighted by molar-refractivity contribution is 7.89. The first-order valence-electron chi connectivity index (χ1n) is 5.45. The second-order valence-corrected chi connectivity index (χ2v) is 6.05. The van der Waals surface area contributed by atoms with Crippen molar-refractivity contribution in [2.45, 2.75) is 17.4 Å². The number of hydrogen-bond donors (Lipinski definition) is 2. The average molecular weight is 326 g/mol. The van der Waals surface area contributed by atoms with Crippen LogP contribution in [0.2, 0.25) is 5.02 Å². The topological polar surface area (TPSA) is 92.7 Å². The Balaban J connectivity index is 2.82. The molecule has 20 heavy (non-hydrogen) atoms. The number of rotatable bonds is 7. The first kappa shape index (κ1) is 16.8. The molecule has 0 saturated heterocycles. The van der Waals surface area contributed by atoms with Crippen LogP contribution in [-0.4, -0.2) is 39.3 Å². The summed E-state index contributed by atoms with van der Waals surface area (Å²) in [5.41, 5.74) is 0. The summed E-state index contributed by atoms with van der Waals surface area (Å²) in [5, 5.41) is 8.68. The van der Waals surface area contributed by atoms with Gasteiger partial charge >= 0.3 is 5.97 Å². The van der Waals surface area contributed by atoms with Crippen molar-refractivity contribution in [1.29, 1.82) is 0 Å². The fourth-order valence-electron chi connectivity index (χ4n) is 1.41. The van der Waals surface area contributed by atoms with E-state index in [9.17, 15) is 17.6 Å². The van der Waals surface area contributed by atoms with Gasteiger partial charge in [-0.2, -0.15) is 0 Å². The fraction of sp³-hybridized carbons (Fsp3) is 0.364. The predicted octanol–water partition coefficient (Wildman–Crippen LogP) is 1.25. The Hall–Kier alpha value is -1.22. The number of sulfonamides is 1. The molecule has 1 atom stereocenters. The van der Waals surface area contributed by atoms with Crippen molar-refractivity contribution in [1.82, 2.24) is 4.72 Å². The van der Waals surface area contributed by atoms with Gasteiger partial charge in [0.25, 0.3) is 0 Å². The van der Waals surface area contributed by atoms with Gasteiger partial charge < -0.3 is 9.84 Å². The minimum absolute atomic E-state index is 0.0714. The summed E-state index contributed by atoms with van der Waals surface area (Å²) in [6, 6.07) is 3.14. The van der Waals surface area contributed by atoms with Crippen LogP contribution in [0.4, 0.5) is 4.39 Å². The van der Waals surface area contributed by atoms with Gasteiger partial charge in [-0.1, -0.05) is 11.6 Å². The molecule has 1 unspecified atom stereocenters. The number of nitrogens with one attached hydrogen (secondary N) is 1. The third-order valence-electron chi connectivity index (χ3n) is 2.42. The number of hydrogen-bond acceptors (Lipinski definition) is 4. The lowest BCUT2D eigenvalue weighted by molar-refractivity contribution is -0.139. The molecule has 0 aromatic heterocycles. The number of carboxylic acid groups (broad SMARTS) is 1. The second-order valence-electron chi connectivity index (χ2n) is 3.88. The minimum atomic E-state index is -4.11. The van der Waals surface area contributed by atoms with Gasteiger partial charge in [0.15, 0.2) is 0 Å². The summed E-state index contributed by atoms with van der Waals surface area (Å²) >= 11 is 5.53. The highest BCUT2D eigenvalue weighted by Gasteiger charge is 2.21. The molecule has 0 aliphatic rings. The third-order valence-corrected chi connectivity index (χ3v) is 4.11. The van der Waals surface area contributed by atoms with Crippen LogP contribution in [-0.2, 0) is 19.6 Å². The summed E-state index contributed by atoms with van der Waals surface area (Å²) in [6.45, 7) is -0.285. The molecule has 0 heterocycles. The molecule has 0 aliphatic heterocycles. The molecule has 112 valence electrons. The maximum Gasteiger partial charge on any atom is 0.306 e. The van der Waals surface area contributed by atoms with Crippen LogP contribution in [0, 0.1) is 5.82 Å². The maximum absolute atomic E-state index is 13.5. The molecule has 0 aliphatic carbocycles. The van der Waals surface area contributed by atoms with Crippen molar-refractivity contribution < 1.29 is 27.4 Å². The van der Waals surface area contributed by atoms with Gasteiger partial charge in [-0.05, 0) is 18.2 Å². The smallest absolute Gasteiger partial charge is 0.306 e. The van der Waals surface area contributed by atoms with E-state index < -0.39 is 32.8 Å². The number of halogens is 2. The molecule has 1 rings (SSSR count). The van der Waals surface area contributed by atoms with Gasteiger partial charge in [-0.15, -0.1) is 0 Å². The quantitative estimate of drug-likeness (QED) is 0.787. The van der Waals surface area contributed by atoms with Crippen LogP contribution < -0.4 is 4.72 Å². The number of benzene rings is 1. The number of aliphatic carboxylic acids is 1. The molecule has 0 bridgehead atoms. The normalized spacial score (nSPS) is 13.2. The molecule has 0 amide bonds. The van der Waals surface area contributed by atoms with Gasteiger partial charge in [0, 0.05) is 18.7 Å². The summed E-state index contributed by atoms with van der Waals surface area (Å²) in [6.07, 6.45) is -1.22. The van der Waals surface area contributed by atoms with Gasteiger partial charge in [-0.25, -0.2) is 17.5 Å². The lowest BCUT2D eigenvalue weighted by Gasteiger charge is -2.14. The van der Waals surface area contributed by atoms with Crippen molar-refractivity contribution in [3.8, 4) is 0 Å². The van der Waals surface area contributed by atoms with Crippen molar-refractivity contribution in [2.75, 3.05) is 13.7 Å². The van der Waals surface area contributed by atoms with Crippen LogP contribution in [0.5, 0.6) is 0 Å². The van der Waals surface area contributed by atoms with Crippen molar-refractivity contribution >= 4 is 27.6 Å². The Bertz CT molecular complexity index is 592. The molecule has 0 saturated carbocycles. The Labute approximate surface area is 120 Å². The molecule has 0 spiro atoms. The van der Waals surface area contributed by atoms with Gasteiger partial charge in [0.05, 0.1) is 12.5 Å². The van der Waals surface area contributed by atoms with Crippen LogP contribution >= 0.6 is 11.6 Å². The Morgan fingerprint density at radius 1 is 1.55 bits per heavy atom. The largest absolute Gasteiger partial charge is 0.481 e. The minimum Gasteiger partial charge on any atom is -0.481 e. The highest BCUT2D eigenvalue weighted by Crippen LogP contribution is 2.18. The molecule has 9 heteroatoms. The van der Waals surface area contributed by atoms with E-state index in [0.717, 1.165) is 12.1 Å². The Morgan fingerprint density at radius 2 is 2.20 bits per heavy atom. The number of carbonyl (C=O) groups is 1. The molecule has 6 nitrogen and oxygen atoms in total. The molecule has 2 N–H and O–H groups in total. The van der Waals surface area contributed by atoms with E-state index in [0.29, 0.717) is 0 Å². The molecule has 1 aromatic rings. The second kappa shape index (κ2) is 6.98. The molecular weight excluding hydrogens is 313 g/mol. The SMILES string of the molecule is COC(CNS(=O)(=O)c1ccc(Cl)cc1F)CC(=O)O. The van der Waals surface area contributed by atoms with Gasteiger partial charge in [0.2, 0.25) is 10.0 Å². The Kier molecular flexibility index (Phi) is 5.88.